The van der Waals surface area contributed by atoms with Crippen molar-refractivity contribution in [2.45, 2.75) is 6.92 Å². The van der Waals surface area contributed by atoms with E-state index in [1.165, 1.54) is 6.07 Å². The fourth-order valence-electron chi connectivity index (χ4n) is 0.568. The van der Waals surface area contributed by atoms with Crippen LogP contribution in [-0.4, -0.2) is 5.11 Å². The van der Waals surface area contributed by atoms with E-state index in [2.05, 4.69) is 6.07 Å². The first kappa shape index (κ1) is 5.95. The Kier molecular flexibility index (Phi) is 1.30. The molecule has 2 nitrogen and oxygen atoms in total. The lowest BCUT2D eigenvalue weighted by molar-refractivity contribution is 0.471. The highest BCUT2D eigenvalue weighted by Crippen LogP contribution is 2.17. The summed E-state index contributed by atoms with van der Waals surface area (Å²) in [6, 6.07) is 5.90. The van der Waals surface area contributed by atoms with Gasteiger partial charge in [-0.05, 0) is 18.6 Å². The van der Waals surface area contributed by atoms with Crippen LogP contribution >= 0.6 is 0 Å². The van der Waals surface area contributed by atoms with E-state index in [1.54, 1.807) is 13.0 Å². The minimum absolute atomic E-state index is 0.228. The van der Waals surface area contributed by atoms with Gasteiger partial charge < -0.3 is 10.8 Å². The van der Waals surface area contributed by atoms with Gasteiger partial charge in [0, 0.05) is 17.8 Å². The van der Waals surface area contributed by atoms with Gasteiger partial charge in [-0.3, -0.25) is 0 Å². The van der Waals surface area contributed by atoms with Crippen molar-refractivity contribution in [3.8, 4) is 5.75 Å². The van der Waals surface area contributed by atoms with Crippen LogP contribution in [0.2, 0.25) is 0 Å². The normalized spacial score (nSPS) is 9.44. The van der Waals surface area contributed by atoms with Gasteiger partial charge in [-0.15, -0.1) is 0 Å². The number of phenols is 1. The Balaban J connectivity index is 3.17. The van der Waals surface area contributed by atoms with Crippen LogP contribution in [0.3, 0.4) is 0 Å². The summed E-state index contributed by atoms with van der Waals surface area (Å²) in [6.45, 7) is 1.80. The zero-order valence-electron chi connectivity index (χ0n) is 5.18. The van der Waals surface area contributed by atoms with Gasteiger partial charge in [-0.25, -0.2) is 0 Å². The lowest BCUT2D eigenvalue weighted by atomic mass is 10.2. The first-order valence-electron chi connectivity index (χ1n) is 2.67. The zero-order valence-corrected chi connectivity index (χ0v) is 5.18. The fourth-order valence-corrected chi connectivity index (χ4v) is 0.568. The number of anilines is 1. The van der Waals surface area contributed by atoms with E-state index in [-0.39, 0.29) is 5.75 Å². The lowest BCUT2D eigenvalue weighted by Crippen LogP contribution is -1.84. The average molecular weight is 122 g/mol. The Morgan fingerprint density at radius 1 is 1.67 bits per heavy atom. The molecule has 1 radical (unpaired) electrons. The first-order valence-corrected chi connectivity index (χ1v) is 2.67. The summed E-state index contributed by atoms with van der Waals surface area (Å²) < 4.78 is 0. The van der Waals surface area contributed by atoms with E-state index in [9.17, 15) is 0 Å². The number of hydrogen-bond acceptors (Lipinski definition) is 2. The highest BCUT2D eigenvalue weighted by Gasteiger charge is 1.92. The molecular formula is C7H8NO. The maximum Gasteiger partial charge on any atom is 0.120 e. The van der Waals surface area contributed by atoms with Crippen molar-refractivity contribution in [2.24, 2.45) is 0 Å². The summed E-state index contributed by atoms with van der Waals surface area (Å²) in [5.41, 5.74) is 6.58. The maximum atomic E-state index is 9.00. The molecule has 1 rings (SSSR count). The molecule has 3 N–H and O–H groups in total. The van der Waals surface area contributed by atoms with Gasteiger partial charge in [0.05, 0.1) is 0 Å². The second-order valence-corrected chi connectivity index (χ2v) is 1.96. The summed E-state index contributed by atoms with van der Waals surface area (Å²) in [5, 5.41) is 9.00. The monoisotopic (exact) mass is 122 g/mol. The van der Waals surface area contributed by atoms with E-state index in [0.717, 1.165) is 5.56 Å². The minimum Gasteiger partial charge on any atom is -0.508 e. The Morgan fingerprint density at radius 3 is 2.78 bits per heavy atom. The third-order valence-electron chi connectivity index (χ3n) is 1.15. The van der Waals surface area contributed by atoms with Crippen LogP contribution in [0.1, 0.15) is 5.56 Å². The number of aryl methyl sites for hydroxylation is 1. The average Bonchev–Trinajstić information content (AvgIpc) is 1.80. The molecule has 0 heterocycles. The van der Waals surface area contributed by atoms with Crippen molar-refractivity contribution in [1.29, 1.82) is 0 Å². The molecule has 0 bridgehead atoms. The Morgan fingerprint density at radius 2 is 2.33 bits per heavy atom. The SMILES string of the molecule is Cc1c[c]c(N)cc1O. The molecule has 0 saturated heterocycles. The molecule has 1 aromatic rings. The molecule has 1 aromatic carbocycles. The van der Waals surface area contributed by atoms with Crippen molar-refractivity contribution in [3.63, 3.8) is 0 Å². The van der Waals surface area contributed by atoms with Crippen LogP contribution in [0.25, 0.3) is 0 Å². The van der Waals surface area contributed by atoms with Crippen LogP contribution in [0.4, 0.5) is 5.69 Å². The fraction of sp³-hybridized carbons (Fsp3) is 0.143. The van der Waals surface area contributed by atoms with Crippen molar-refractivity contribution >= 4 is 5.69 Å². The smallest absolute Gasteiger partial charge is 0.120 e. The molecule has 0 amide bonds. The molecule has 0 atom stereocenters. The number of phenolic OH excluding ortho intramolecular Hbond substituents is 1. The Hall–Kier alpha value is -1.18. The zero-order chi connectivity index (χ0) is 6.85. The van der Waals surface area contributed by atoms with Gasteiger partial charge in [0.1, 0.15) is 5.75 Å². The standard InChI is InChI=1S/C7H8NO/c1-5-2-3-6(8)4-7(5)9/h2,4,9H,8H2,1H3. The number of benzene rings is 1. The van der Waals surface area contributed by atoms with E-state index in [1.807, 2.05) is 0 Å². The molecule has 2 heteroatoms. The molecule has 0 saturated carbocycles. The van der Waals surface area contributed by atoms with Crippen molar-refractivity contribution in [1.82, 2.24) is 0 Å². The van der Waals surface area contributed by atoms with E-state index in [4.69, 9.17) is 10.8 Å². The van der Waals surface area contributed by atoms with Crippen LogP contribution in [0.5, 0.6) is 5.75 Å². The van der Waals surface area contributed by atoms with Crippen LogP contribution in [0, 0.1) is 13.0 Å². The topological polar surface area (TPSA) is 46.2 Å². The highest BCUT2D eigenvalue weighted by atomic mass is 16.3. The summed E-state index contributed by atoms with van der Waals surface area (Å²) >= 11 is 0. The van der Waals surface area contributed by atoms with E-state index >= 15 is 0 Å². The first-order chi connectivity index (χ1) is 4.20. The molecule has 0 unspecified atom stereocenters. The molecule has 0 aliphatic rings. The second-order valence-electron chi connectivity index (χ2n) is 1.96. The quantitative estimate of drug-likeness (QED) is 0.506. The predicted octanol–water partition coefficient (Wildman–Crippen LogP) is 1.08. The van der Waals surface area contributed by atoms with E-state index < -0.39 is 0 Å². The van der Waals surface area contributed by atoms with E-state index in [0.29, 0.717) is 5.69 Å². The van der Waals surface area contributed by atoms with Gasteiger partial charge in [0.15, 0.2) is 0 Å². The third kappa shape index (κ3) is 1.13. The van der Waals surface area contributed by atoms with Gasteiger partial charge in [-0.1, -0.05) is 0 Å². The summed E-state index contributed by atoms with van der Waals surface area (Å²) in [6.07, 6.45) is 0. The number of rotatable bonds is 0. The number of hydrogen-bond donors (Lipinski definition) is 2. The number of aromatic hydroxyl groups is 1. The molecule has 9 heavy (non-hydrogen) atoms. The maximum absolute atomic E-state index is 9.00. The van der Waals surface area contributed by atoms with Gasteiger partial charge in [-0.2, -0.15) is 0 Å². The van der Waals surface area contributed by atoms with Crippen LogP contribution < -0.4 is 5.73 Å². The molecule has 47 valence electrons. The van der Waals surface area contributed by atoms with Gasteiger partial charge in [0.2, 0.25) is 0 Å². The largest absolute Gasteiger partial charge is 0.508 e. The lowest BCUT2D eigenvalue weighted by Gasteiger charge is -1.96. The molecule has 0 aliphatic carbocycles. The number of nitrogens with two attached hydrogens (primary N) is 1. The highest BCUT2D eigenvalue weighted by molar-refractivity contribution is 5.45. The molecule has 0 aliphatic heterocycles. The van der Waals surface area contributed by atoms with Crippen molar-refractivity contribution in [3.05, 3.63) is 23.8 Å². The van der Waals surface area contributed by atoms with Crippen molar-refractivity contribution in [2.75, 3.05) is 5.73 Å². The third-order valence-corrected chi connectivity index (χ3v) is 1.15. The molecule has 0 spiro atoms. The molecule has 0 aromatic heterocycles. The van der Waals surface area contributed by atoms with Crippen LogP contribution in [-0.2, 0) is 0 Å². The molecule has 0 fully saturated rings. The minimum atomic E-state index is 0.228. The Labute approximate surface area is 53.9 Å². The van der Waals surface area contributed by atoms with Gasteiger partial charge in [0.25, 0.3) is 0 Å². The summed E-state index contributed by atoms with van der Waals surface area (Å²) in [7, 11) is 0. The predicted molar refractivity (Wildman–Crippen MR) is 36.1 cm³/mol. The Bertz CT molecular complexity index is 220. The van der Waals surface area contributed by atoms with Gasteiger partial charge >= 0.3 is 0 Å². The molecular weight excluding hydrogens is 114 g/mol. The summed E-state index contributed by atoms with van der Waals surface area (Å²) in [5.74, 6) is 0.228. The number of nitrogen functional groups attached to an aromatic ring is 1. The van der Waals surface area contributed by atoms with Crippen molar-refractivity contribution < 1.29 is 5.11 Å². The van der Waals surface area contributed by atoms with Crippen LogP contribution in [0.15, 0.2) is 12.1 Å². The second kappa shape index (κ2) is 1.97. The summed E-state index contributed by atoms with van der Waals surface area (Å²) in [4.78, 5) is 0.